The minimum atomic E-state index is -0.959. The summed E-state index contributed by atoms with van der Waals surface area (Å²) in [5.41, 5.74) is -0.0926. The number of aliphatic hydroxyl groups is 1. The Morgan fingerprint density at radius 2 is 1.96 bits per heavy atom. The Morgan fingerprint density at radius 3 is 2.61 bits per heavy atom. The van der Waals surface area contributed by atoms with Gasteiger partial charge in [-0.15, -0.1) is 0 Å². The molecule has 1 saturated heterocycles. The highest BCUT2D eigenvalue weighted by molar-refractivity contribution is 5.80. The number of likely N-dealkylation sites (N-methyl/N-ethyl adjacent to an activating group) is 1. The maximum Gasteiger partial charge on any atom is 0.316 e. The van der Waals surface area contributed by atoms with E-state index in [4.69, 9.17) is 4.74 Å². The summed E-state index contributed by atoms with van der Waals surface area (Å²) in [5, 5.41) is 11.0. The van der Waals surface area contributed by atoms with E-state index in [1.807, 2.05) is 30.3 Å². The van der Waals surface area contributed by atoms with Crippen molar-refractivity contribution in [1.82, 2.24) is 4.90 Å². The van der Waals surface area contributed by atoms with Crippen LogP contribution in [0.5, 0.6) is 0 Å². The first-order chi connectivity index (χ1) is 11.1. The van der Waals surface area contributed by atoms with Crippen LogP contribution in [0, 0.1) is 0 Å². The maximum atomic E-state index is 12.9. The van der Waals surface area contributed by atoms with Crippen LogP contribution in [0.1, 0.15) is 50.0 Å². The van der Waals surface area contributed by atoms with Crippen molar-refractivity contribution in [1.29, 1.82) is 0 Å². The number of esters is 1. The molecule has 0 spiro atoms. The van der Waals surface area contributed by atoms with E-state index in [1.54, 1.807) is 0 Å². The van der Waals surface area contributed by atoms with E-state index < -0.39 is 11.5 Å². The number of likely N-dealkylation sites (tertiary alicyclic amines) is 1. The van der Waals surface area contributed by atoms with Crippen molar-refractivity contribution in [3.63, 3.8) is 0 Å². The molecule has 23 heavy (non-hydrogen) atoms. The van der Waals surface area contributed by atoms with Crippen LogP contribution in [-0.4, -0.2) is 47.8 Å². The topological polar surface area (TPSA) is 49.8 Å². The van der Waals surface area contributed by atoms with Crippen molar-refractivity contribution < 1.29 is 14.6 Å². The minimum absolute atomic E-state index is 0.0579. The number of hydrogen-bond donors (Lipinski definition) is 1. The lowest BCUT2D eigenvalue weighted by atomic mass is 9.80. The predicted octanol–water partition coefficient (Wildman–Crippen LogP) is 2.71. The van der Waals surface area contributed by atoms with E-state index >= 15 is 0 Å². The van der Waals surface area contributed by atoms with Gasteiger partial charge in [-0.3, -0.25) is 4.79 Å². The smallest absolute Gasteiger partial charge is 0.316 e. The van der Waals surface area contributed by atoms with Gasteiger partial charge >= 0.3 is 5.97 Å². The lowest BCUT2D eigenvalue weighted by molar-refractivity contribution is -0.160. The van der Waals surface area contributed by atoms with Gasteiger partial charge in [0.1, 0.15) is 12.0 Å². The summed E-state index contributed by atoms with van der Waals surface area (Å²) < 4.78 is 5.82. The van der Waals surface area contributed by atoms with Gasteiger partial charge in [-0.25, -0.2) is 0 Å². The summed E-state index contributed by atoms with van der Waals surface area (Å²) in [5.74, 6) is -0.834. The molecular formula is C19H27NO3. The lowest BCUT2D eigenvalue weighted by Crippen LogP contribution is -2.43. The van der Waals surface area contributed by atoms with Crippen LogP contribution in [0.3, 0.4) is 0 Å². The van der Waals surface area contributed by atoms with Gasteiger partial charge < -0.3 is 14.7 Å². The molecule has 2 aliphatic rings. The number of piperidine rings is 1. The second-order valence-corrected chi connectivity index (χ2v) is 7.12. The standard InChI is InChI=1S/C19H27NO3/c1-20-13-7-10-16(14-20)23-18(21)17(15-8-3-2-4-9-15)19(22)11-5-6-12-19/h2-4,8-9,16-17,22H,5-7,10-14H2,1H3/t16-,17-/m1/s1. The van der Waals surface area contributed by atoms with Crippen molar-refractivity contribution in [2.75, 3.05) is 20.1 Å². The largest absolute Gasteiger partial charge is 0.460 e. The molecule has 1 aromatic rings. The first-order valence-electron chi connectivity index (χ1n) is 8.75. The molecule has 0 amide bonds. The molecule has 0 aromatic heterocycles. The summed E-state index contributed by atoms with van der Waals surface area (Å²) in [7, 11) is 2.05. The van der Waals surface area contributed by atoms with E-state index in [9.17, 15) is 9.90 Å². The predicted molar refractivity (Wildman–Crippen MR) is 89.2 cm³/mol. The zero-order valence-corrected chi connectivity index (χ0v) is 13.9. The molecule has 4 heteroatoms. The number of nitrogens with zero attached hydrogens (tertiary/aromatic N) is 1. The maximum absolute atomic E-state index is 12.9. The number of ether oxygens (including phenoxy) is 1. The van der Waals surface area contributed by atoms with Crippen LogP contribution in [-0.2, 0) is 9.53 Å². The fraction of sp³-hybridized carbons (Fsp3) is 0.632. The molecule has 126 valence electrons. The Kier molecular flexibility index (Phi) is 5.02. The van der Waals surface area contributed by atoms with Crippen LogP contribution in [0.25, 0.3) is 0 Å². The van der Waals surface area contributed by atoms with Crippen LogP contribution < -0.4 is 0 Å². The highest BCUT2D eigenvalue weighted by Crippen LogP contribution is 2.42. The number of rotatable bonds is 4. The zero-order valence-electron chi connectivity index (χ0n) is 13.9. The summed E-state index contributed by atoms with van der Waals surface area (Å²) in [6, 6.07) is 9.62. The molecule has 4 nitrogen and oxygen atoms in total. The highest BCUT2D eigenvalue weighted by atomic mass is 16.5. The average Bonchev–Trinajstić information content (AvgIpc) is 2.95. The van der Waals surface area contributed by atoms with Gasteiger partial charge in [0, 0.05) is 6.54 Å². The Bertz CT molecular complexity index is 525. The monoisotopic (exact) mass is 317 g/mol. The molecule has 1 aromatic carbocycles. The first-order valence-corrected chi connectivity index (χ1v) is 8.75. The Labute approximate surface area is 138 Å². The number of benzene rings is 1. The van der Waals surface area contributed by atoms with Crippen molar-refractivity contribution >= 4 is 5.97 Å². The Hall–Kier alpha value is -1.39. The van der Waals surface area contributed by atoms with Gasteiger partial charge in [0.15, 0.2) is 0 Å². The molecule has 1 saturated carbocycles. The quantitative estimate of drug-likeness (QED) is 0.868. The van der Waals surface area contributed by atoms with E-state index in [-0.39, 0.29) is 12.1 Å². The molecule has 1 aliphatic carbocycles. The Morgan fingerprint density at radius 1 is 1.26 bits per heavy atom. The van der Waals surface area contributed by atoms with E-state index in [0.29, 0.717) is 12.8 Å². The van der Waals surface area contributed by atoms with Gasteiger partial charge in [-0.2, -0.15) is 0 Å². The van der Waals surface area contributed by atoms with Gasteiger partial charge in [0.25, 0.3) is 0 Å². The van der Waals surface area contributed by atoms with E-state index in [0.717, 1.165) is 44.3 Å². The van der Waals surface area contributed by atoms with Crippen molar-refractivity contribution in [2.45, 2.75) is 56.1 Å². The van der Waals surface area contributed by atoms with Crippen molar-refractivity contribution in [3.05, 3.63) is 35.9 Å². The third-order valence-corrected chi connectivity index (χ3v) is 5.24. The SMILES string of the molecule is CN1CCC[C@@H](OC(=O)[C@@H](c2ccccc2)C2(O)CCCC2)C1. The summed E-state index contributed by atoms with van der Waals surface area (Å²) in [6.07, 6.45) is 5.19. The van der Waals surface area contributed by atoms with Crippen LogP contribution in [0.2, 0.25) is 0 Å². The van der Waals surface area contributed by atoms with E-state index in [2.05, 4.69) is 11.9 Å². The Balaban J connectivity index is 1.79. The average molecular weight is 317 g/mol. The molecule has 1 aliphatic heterocycles. The fourth-order valence-corrected chi connectivity index (χ4v) is 4.03. The summed E-state index contributed by atoms with van der Waals surface area (Å²) >= 11 is 0. The zero-order chi connectivity index (χ0) is 16.3. The van der Waals surface area contributed by atoms with E-state index in [1.165, 1.54) is 0 Å². The number of carbonyl (C=O) groups excluding carboxylic acids is 1. The van der Waals surface area contributed by atoms with Crippen LogP contribution >= 0.6 is 0 Å². The van der Waals surface area contributed by atoms with Gasteiger partial charge in [0.2, 0.25) is 0 Å². The van der Waals surface area contributed by atoms with Crippen LogP contribution in [0.4, 0.5) is 0 Å². The summed E-state index contributed by atoms with van der Waals surface area (Å²) in [4.78, 5) is 15.1. The third-order valence-electron chi connectivity index (χ3n) is 5.24. The second kappa shape index (κ2) is 7.02. The summed E-state index contributed by atoms with van der Waals surface area (Å²) in [6.45, 7) is 1.84. The van der Waals surface area contributed by atoms with Crippen LogP contribution in [0.15, 0.2) is 30.3 Å². The molecule has 1 N–H and O–H groups in total. The second-order valence-electron chi connectivity index (χ2n) is 7.12. The molecule has 0 bridgehead atoms. The normalized spacial score (nSPS) is 25.9. The van der Waals surface area contributed by atoms with Gasteiger partial charge in [-0.05, 0) is 44.8 Å². The fourth-order valence-electron chi connectivity index (χ4n) is 4.03. The molecule has 1 heterocycles. The molecule has 2 atom stereocenters. The van der Waals surface area contributed by atoms with Gasteiger partial charge in [-0.1, -0.05) is 43.2 Å². The van der Waals surface area contributed by atoms with Crippen molar-refractivity contribution in [2.24, 2.45) is 0 Å². The number of carbonyl (C=O) groups is 1. The molecule has 3 rings (SSSR count). The molecular weight excluding hydrogens is 290 g/mol. The first kappa shape index (κ1) is 16.5. The molecule has 0 unspecified atom stereocenters. The number of hydrogen-bond acceptors (Lipinski definition) is 4. The third kappa shape index (κ3) is 3.75. The highest BCUT2D eigenvalue weighted by Gasteiger charge is 2.45. The van der Waals surface area contributed by atoms with Crippen molar-refractivity contribution in [3.8, 4) is 0 Å². The van der Waals surface area contributed by atoms with Gasteiger partial charge in [0.05, 0.1) is 5.60 Å². The minimum Gasteiger partial charge on any atom is -0.460 e. The lowest BCUT2D eigenvalue weighted by Gasteiger charge is -2.34. The molecule has 2 fully saturated rings. The molecule has 0 radical (unpaired) electrons.